The Kier molecular flexibility index (Phi) is 3.99. The Morgan fingerprint density at radius 2 is 2.20 bits per heavy atom. The lowest BCUT2D eigenvalue weighted by atomic mass is 10.1. The maximum absolute atomic E-state index is 13.4. The van der Waals surface area contributed by atoms with Gasteiger partial charge in [0.2, 0.25) is 0 Å². The van der Waals surface area contributed by atoms with Crippen LogP contribution in [0.15, 0.2) is 12.1 Å². The van der Waals surface area contributed by atoms with Crippen LogP contribution in [-0.4, -0.2) is 12.3 Å². The van der Waals surface area contributed by atoms with E-state index in [0.717, 1.165) is 6.07 Å². The maximum Gasteiger partial charge on any atom is 0.165 e. The molecular weight excluding hydrogens is 204 g/mol. The highest BCUT2D eigenvalue weighted by Gasteiger charge is 2.14. The van der Waals surface area contributed by atoms with Crippen molar-refractivity contribution in [3.05, 3.63) is 29.1 Å². The molecule has 0 saturated carbocycles. The molecule has 0 spiro atoms. The maximum atomic E-state index is 13.4. The van der Waals surface area contributed by atoms with Gasteiger partial charge in [-0.2, -0.15) is 0 Å². The molecule has 0 aliphatic heterocycles. The van der Waals surface area contributed by atoms with Crippen molar-refractivity contribution in [2.24, 2.45) is 0 Å². The molecule has 1 aromatic rings. The normalized spacial score (nSPS) is 12.6. The second kappa shape index (κ2) is 5.04. The third-order valence-electron chi connectivity index (χ3n) is 2.08. The number of hydroxylamine groups is 1. The van der Waals surface area contributed by atoms with Crippen molar-refractivity contribution in [1.82, 2.24) is 5.48 Å². The molecule has 2 N–H and O–H groups in total. The average Bonchev–Trinajstić information content (AvgIpc) is 2.17. The number of rotatable bonds is 4. The summed E-state index contributed by atoms with van der Waals surface area (Å²) in [5.41, 5.74) is 2.48. The van der Waals surface area contributed by atoms with Crippen LogP contribution in [0.2, 0.25) is 0 Å². The quantitative estimate of drug-likeness (QED) is 0.760. The molecule has 0 aliphatic carbocycles. The summed E-state index contributed by atoms with van der Waals surface area (Å²) >= 11 is 0. The summed E-state index contributed by atoms with van der Waals surface area (Å²) in [4.78, 5) is 0. The third-order valence-corrected chi connectivity index (χ3v) is 2.08. The predicted molar refractivity (Wildman–Crippen MR) is 51.1 cm³/mol. The molecule has 0 fully saturated rings. The number of alkyl halides is 1. The van der Waals surface area contributed by atoms with Crippen LogP contribution in [0, 0.1) is 5.82 Å². The second-order valence-electron chi connectivity index (χ2n) is 3.15. The SMILES string of the molecule is COc1c(F)cc(C(C)F)cc1CNO. The Bertz CT molecular complexity index is 342. The van der Waals surface area contributed by atoms with E-state index in [9.17, 15) is 8.78 Å². The smallest absolute Gasteiger partial charge is 0.165 e. The molecule has 0 amide bonds. The molecule has 0 radical (unpaired) electrons. The van der Waals surface area contributed by atoms with E-state index in [-0.39, 0.29) is 17.9 Å². The van der Waals surface area contributed by atoms with Crippen LogP contribution in [0.3, 0.4) is 0 Å². The van der Waals surface area contributed by atoms with Crippen molar-refractivity contribution < 1.29 is 18.7 Å². The van der Waals surface area contributed by atoms with Gasteiger partial charge in [0.1, 0.15) is 6.17 Å². The lowest BCUT2D eigenvalue weighted by Gasteiger charge is -2.12. The van der Waals surface area contributed by atoms with E-state index in [0.29, 0.717) is 5.56 Å². The highest BCUT2D eigenvalue weighted by Crippen LogP contribution is 2.28. The molecule has 0 aliphatic rings. The lowest BCUT2D eigenvalue weighted by molar-refractivity contribution is 0.159. The minimum Gasteiger partial charge on any atom is -0.493 e. The Morgan fingerprint density at radius 1 is 1.53 bits per heavy atom. The molecule has 15 heavy (non-hydrogen) atoms. The molecule has 5 heteroatoms. The zero-order valence-electron chi connectivity index (χ0n) is 8.55. The van der Waals surface area contributed by atoms with Crippen LogP contribution >= 0.6 is 0 Å². The van der Waals surface area contributed by atoms with E-state index in [2.05, 4.69) is 0 Å². The van der Waals surface area contributed by atoms with Crippen LogP contribution in [-0.2, 0) is 6.54 Å². The monoisotopic (exact) mass is 217 g/mol. The molecule has 1 rings (SSSR count). The fourth-order valence-corrected chi connectivity index (χ4v) is 1.35. The van der Waals surface area contributed by atoms with E-state index < -0.39 is 12.0 Å². The van der Waals surface area contributed by atoms with Crippen molar-refractivity contribution in [3.8, 4) is 5.75 Å². The van der Waals surface area contributed by atoms with Crippen molar-refractivity contribution in [2.45, 2.75) is 19.6 Å². The zero-order valence-corrected chi connectivity index (χ0v) is 8.55. The van der Waals surface area contributed by atoms with Crippen LogP contribution in [0.25, 0.3) is 0 Å². The van der Waals surface area contributed by atoms with Gasteiger partial charge in [-0.1, -0.05) is 0 Å². The van der Waals surface area contributed by atoms with Crippen LogP contribution in [0.5, 0.6) is 5.75 Å². The van der Waals surface area contributed by atoms with Crippen LogP contribution in [0.1, 0.15) is 24.2 Å². The molecular formula is C10H13F2NO2. The van der Waals surface area contributed by atoms with Gasteiger partial charge >= 0.3 is 0 Å². The topological polar surface area (TPSA) is 41.5 Å². The standard InChI is InChI=1S/C10H13F2NO2/c1-6(11)7-3-8(5-13-14)10(15-2)9(12)4-7/h3-4,6,13-14H,5H2,1-2H3. The summed E-state index contributed by atoms with van der Waals surface area (Å²) in [6.07, 6.45) is -1.26. The Hall–Kier alpha value is -1.20. The molecule has 1 unspecified atom stereocenters. The molecule has 84 valence electrons. The number of methoxy groups -OCH3 is 1. The molecule has 1 atom stereocenters. The first-order valence-corrected chi connectivity index (χ1v) is 4.47. The van der Waals surface area contributed by atoms with Crippen molar-refractivity contribution >= 4 is 0 Å². The molecule has 3 nitrogen and oxygen atoms in total. The first-order valence-electron chi connectivity index (χ1n) is 4.47. The fourth-order valence-electron chi connectivity index (χ4n) is 1.35. The predicted octanol–water partition coefficient (Wildman–Crippen LogP) is 2.34. The molecule has 0 aromatic heterocycles. The first kappa shape index (κ1) is 11.9. The van der Waals surface area contributed by atoms with Gasteiger partial charge in [0.15, 0.2) is 11.6 Å². The number of halogens is 2. The van der Waals surface area contributed by atoms with Crippen LogP contribution < -0.4 is 10.2 Å². The molecule has 1 aromatic carbocycles. The highest BCUT2D eigenvalue weighted by atomic mass is 19.1. The summed E-state index contributed by atoms with van der Waals surface area (Å²) < 4.78 is 31.2. The zero-order chi connectivity index (χ0) is 11.4. The number of nitrogens with one attached hydrogen (secondary N) is 1. The van der Waals surface area contributed by atoms with E-state index in [1.807, 2.05) is 5.48 Å². The van der Waals surface area contributed by atoms with Gasteiger partial charge in [-0.05, 0) is 24.6 Å². The van der Waals surface area contributed by atoms with E-state index >= 15 is 0 Å². The lowest BCUT2D eigenvalue weighted by Crippen LogP contribution is -2.09. The highest BCUT2D eigenvalue weighted by molar-refractivity contribution is 5.39. The molecule has 0 saturated heterocycles. The molecule has 0 bridgehead atoms. The van der Waals surface area contributed by atoms with Crippen molar-refractivity contribution in [2.75, 3.05) is 7.11 Å². The number of hydrogen-bond donors (Lipinski definition) is 2. The number of hydrogen-bond acceptors (Lipinski definition) is 3. The Labute approximate surface area is 86.6 Å². The first-order chi connectivity index (χ1) is 7.10. The van der Waals surface area contributed by atoms with E-state index in [1.54, 1.807) is 0 Å². The average molecular weight is 217 g/mol. The largest absolute Gasteiger partial charge is 0.493 e. The van der Waals surface area contributed by atoms with Gasteiger partial charge in [0.25, 0.3) is 0 Å². The van der Waals surface area contributed by atoms with Crippen molar-refractivity contribution in [3.63, 3.8) is 0 Å². The van der Waals surface area contributed by atoms with Gasteiger partial charge in [0.05, 0.1) is 7.11 Å². The van der Waals surface area contributed by atoms with E-state index in [1.165, 1.54) is 20.1 Å². The second-order valence-corrected chi connectivity index (χ2v) is 3.15. The number of benzene rings is 1. The van der Waals surface area contributed by atoms with E-state index in [4.69, 9.17) is 9.94 Å². The summed E-state index contributed by atoms with van der Waals surface area (Å²) in [6, 6.07) is 2.54. The summed E-state index contributed by atoms with van der Waals surface area (Å²) in [6.45, 7) is 1.32. The minimum absolute atomic E-state index is 0.000648. The Morgan fingerprint density at radius 3 is 2.67 bits per heavy atom. The van der Waals surface area contributed by atoms with Gasteiger partial charge in [-0.25, -0.2) is 14.3 Å². The van der Waals surface area contributed by atoms with Crippen molar-refractivity contribution in [1.29, 1.82) is 0 Å². The molecule has 0 heterocycles. The van der Waals surface area contributed by atoms with Gasteiger partial charge in [-0.3, -0.25) is 0 Å². The summed E-state index contributed by atoms with van der Waals surface area (Å²) in [5.74, 6) is -0.620. The van der Waals surface area contributed by atoms with Gasteiger partial charge in [-0.15, -0.1) is 0 Å². The minimum atomic E-state index is -1.26. The van der Waals surface area contributed by atoms with Gasteiger partial charge < -0.3 is 9.94 Å². The van der Waals surface area contributed by atoms with Gasteiger partial charge in [0, 0.05) is 12.1 Å². The summed E-state index contributed by atoms with van der Waals surface area (Å²) in [7, 11) is 1.32. The summed E-state index contributed by atoms with van der Waals surface area (Å²) in [5, 5.41) is 8.54. The van der Waals surface area contributed by atoms with Crippen LogP contribution in [0.4, 0.5) is 8.78 Å². The number of ether oxygens (including phenoxy) is 1. The fraction of sp³-hybridized carbons (Fsp3) is 0.400. The Balaban J connectivity index is 3.19. The third kappa shape index (κ3) is 2.64.